The summed E-state index contributed by atoms with van der Waals surface area (Å²) in [6.45, 7) is 8.07. The third kappa shape index (κ3) is 1.90. The molecule has 1 heterocycles. The van der Waals surface area contributed by atoms with Gasteiger partial charge in [0.05, 0.1) is 12.7 Å². The SMILES string of the molecule is COc1cc2c(c(C(C)(C)C)c1)OC(C)C2=O. The quantitative estimate of drug-likeness (QED) is 0.749. The van der Waals surface area contributed by atoms with Crippen LogP contribution in [-0.2, 0) is 5.41 Å². The Balaban J connectivity index is 2.66. The molecule has 0 amide bonds. The molecule has 1 aromatic rings. The van der Waals surface area contributed by atoms with Crippen LogP contribution in [0.25, 0.3) is 0 Å². The zero-order valence-corrected chi connectivity index (χ0v) is 11.0. The van der Waals surface area contributed by atoms with Crippen LogP contribution in [0.4, 0.5) is 0 Å². The molecule has 0 aromatic heterocycles. The molecule has 0 saturated carbocycles. The second kappa shape index (κ2) is 3.76. The third-order valence-corrected chi connectivity index (χ3v) is 3.04. The van der Waals surface area contributed by atoms with Crippen LogP contribution in [-0.4, -0.2) is 19.0 Å². The lowest BCUT2D eigenvalue weighted by Gasteiger charge is -2.22. The number of fused-ring (bicyclic) bond motifs is 1. The highest BCUT2D eigenvalue weighted by Gasteiger charge is 2.34. The van der Waals surface area contributed by atoms with Crippen LogP contribution < -0.4 is 9.47 Å². The number of ketones is 1. The Hall–Kier alpha value is -1.51. The van der Waals surface area contributed by atoms with Crippen molar-refractivity contribution in [2.75, 3.05) is 7.11 Å². The van der Waals surface area contributed by atoms with Crippen LogP contribution in [0.5, 0.6) is 11.5 Å². The average Bonchev–Trinajstić information content (AvgIpc) is 2.53. The molecule has 0 bridgehead atoms. The van der Waals surface area contributed by atoms with Crippen molar-refractivity contribution in [1.29, 1.82) is 0 Å². The number of ether oxygens (including phenoxy) is 2. The molecule has 1 aliphatic heterocycles. The Morgan fingerprint density at radius 3 is 2.47 bits per heavy atom. The van der Waals surface area contributed by atoms with Crippen molar-refractivity contribution in [3.63, 3.8) is 0 Å². The molecule has 1 aliphatic rings. The Kier molecular flexibility index (Phi) is 2.64. The van der Waals surface area contributed by atoms with Crippen LogP contribution >= 0.6 is 0 Å². The van der Waals surface area contributed by atoms with E-state index >= 15 is 0 Å². The molecule has 0 spiro atoms. The van der Waals surface area contributed by atoms with Gasteiger partial charge >= 0.3 is 0 Å². The molecule has 0 N–H and O–H groups in total. The summed E-state index contributed by atoms with van der Waals surface area (Å²) >= 11 is 0. The molecule has 0 fully saturated rings. The number of methoxy groups -OCH3 is 1. The number of benzene rings is 1. The van der Waals surface area contributed by atoms with Gasteiger partial charge < -0.3 is 9.47 Å². The van der Waals surface area contributed by atoms with Crippen LogP contribution in [0.1, 0.15) is 43.6 Å². The average molecular weight is 234 g/mol. The lowest BCUT2D eigenvalue weighted by atomic mass is 9.85. The Morgan fingerprint density at radius 2 is 1.94 bits per heavy atom. The van der Waals surface area contributed by atoms with Crippen LogP contribution in [0.2, 0.25) is 0 Å². The zero-order valence-electron chi connectivity index (χ0n) is 11.0. The lowest BCUT2D eigenvalue weighted by Crippen LogP contribution is -2.16. The highest BCUT2D eigenvalue weighted by molar-refractivity contribution is 6.05. The highest BCUT2D eigenvalue weighted by Crippen LogP contribution is 2.41. The number of hydrogen-bond acceptors (Lipinski definition) is 3. The maximum Gasteiger partial charge on any atom is 0.206 e. The van der Waals surface area contributed by atoms with Gasteiger partial charge in [-0.15, -0.1) is 0 Å². The number of Topliss-reactive ketones (excluding diaryl/α,β-unsaturated/α-hetero) is 1. The van der Waals surface area contributed by atoms with E-state index < -0.39 is 6.10 Å². The van der Waals surface area contributed by atoms with Crippen molar-refractivity contribution in [3.8, 4) is 11.5 Å². The first kappa shape index (κ1) is 12.0. The van der Waals surface area contributed by atoms with E-state index in [2.05, 4.69) is 20.8 Å². The van der Waals surface area contributed by atoms with Crippen molar-refractivity contribution in [1.82, 2.24) is 0 Å². The first-order valence-electron chi connectivity index (χ1n) is 5.78. The summed E-state index contributed by atoms with van der Waals surface area (Å²) in [6.07, 6.45) is -0.391. The molecular weight excluding hydrogens is 216 g/mol. The van der Waals surface area contributed by atoms with Crippen LogP contribution in [0.3, 0.4) is 0 Å². The maximum absolute atomic E-state index is 12.0. The van der Waals surface area contributed by atoms with Gasteiger partial charge in [0.2, 0.25) is 5.78 Å². The molecular formula is C14H18O3. The van der Waals surface area contributed by atoms with E-state index in [1.54, 1.807) is 20.1 Å². The van der Waals surface area contributed by atoms with Gasteiger partial charge in [0.1, 0.15) is 11.5 Å². The fourth-order valence-electron chi connectivity index (χ4n) is 2.04. The van der Waals surface area contributed by atoms with Gasteiger partial charge in [0.15, 0.2) is 6.10 Å². The van der Waals surface area contributed by atoms with E-state index in [9.17, 15) is 4.79 Å². The number of hydrogen-bond donors (Lipinski definition) is 0. The molecule has 1 aromatic carbocycles. The van der Waals surface area contributed by atoms with E-state index in [0.29, 0.717) is 11.3 Å². The van der Waals surface area contributed by atoms with Gasteiger partial charge in [-0.2, -0.15) is 0 Å². The van der Waals surface area contributed by atoms with Gasteiger partial charge in [0, 0.05) is 5.56 Å². The first-order chi connectivity index (χ1) is 7.84. The summed E-state index contributed by atoms with van der Waals surface area (Å²) in [5, 5.41) is 0. The van der Waals surface area contributed by atoms with Gasteiger partial charge in [0.25, 0.3) is 0 Å². The largest absolute Gasteiger partial charge is 0.497 e. The minimum absolute atomic E-state index is 0.0319. The molecule has 3 heteroatoms. The molecule has 0 saturated heterocycles. The monoisotopic (exact) mass is 234 g/mol. The predicted octanol–water partition coefficient (Wildman–Crippen LogP) is 2.96. The summed E-state index contributed by atoms with van der Waals surface area (Å²) < 4.78 is 10.9. The maximum atomic E-state index is 12.0. The number of carbonyl (C=O) groups is 1. The molecule has 1 atom stereocenters. The molecule has 1 unspecified atom stereocenters. The highest BCUT2D eigenvalue weighted by atomic mass is 16.5. The van der Waals surface area contributed by atoms with Crippen molar-refractivity contribution < 1.29 is 14.3 Å². The topological polar surface area (TPSA) is 35.5 Å². The predicted molar refractivity (Wildman–Crippen MR) is 66.1 cm³/mol. The lowest BCUT2D eigenvalue weighted by molar-refractivity contribution is 0.0877. The van der Waals surface area contributed by atoms with E-state index in [1.165, 1.54) is 0 Å². The third-order valence-electron chi connectivity index (χ3n) is 3.04. The summed E-state index contributed by atoms with van der Waals surface area (Å²) in [5.74, 6) is 1.46. The first-order valence-corrected chi connectivity index (χ1v) is 5.78. The van der Waals surface area contributed by atoms with Gasteiger partial charge in [-0.05, 0) is 24.5 Å². The molecule has 3 nitrogen and oxygen atoms in total. The van der Waals surface area contributed by atoms with E-state index in [1.807, 2.05) is 6.07 Å². The minimum Gasteiger partial charge on any atom is -0.497 e. The van der Waals surface area contributed by atoms with Crippen molar-refractivity contribution in [2.24, 2.45) is 0 Å². The Morgan fingerprint density at radius 1 is 1.29 bits per heavy atom. The standard InChI is InChI=1S/C14H18O3/c1-8-12(15)10-6-9(16-5)7-11(13(10)17-8)14(2,3)4/h6-8H,1-5H3. The van der Waals surface area contributed by atoms with Gasteiger partial charge in [-0.25, -0.2) is 0 Å². The zero-order chi connectivity index (χ0) is 12.8. The van der Waals surface area contributed by atoms with E-state index in [0.717, 1.165) is 11.3 Å². The van der Waals surface area contributed by atoms with Gasteiger partial charge in [-0.1, -0.05) is 20.8 Å². The molecule has 2 rings (SSSR count). The van der Waals surface area contributed by atoms with Crippen molar-refractivity contribution in [2.45, 2.75) is 39.2 Å². The Labute approximate surface area is 102 Å². The Bertz CT molecular complexity index is 469. The molecule has 17 heavy (non-hydrogen) atoms. The second-order valence-corrected chi connectivity index (χ2v) is 5.43. The normalized spacial score (nSPS) is 18.9. The molecule has 0 aliphatic carbocycles. The summed E-state index contributed by atoms with van der Waals surface area (Å²) in [4.78, 5) is 12.0. The van der Waals surface area contributed by atoms with Gasteiger partial charge in [-0.3, -0.25) is 4.79 Å². The molecule has 0 radical (unpaired) electrons. The number of rotatable bonds is 1. The van der Waals surface area contributed by atoms with Crippen molar-refractivity contribution >= 4 is 5.78 Å². The van der Waals surface area contributed by atoms with Crippen LogP contribution in [0, 0.1) is 0 Å². The summed E-state index contributed by atoms with van der Waals surface area (Å²) in [6, 6.07) is 3.71. The smallest absolute Gasteiger partial charge is 0.206 e. The fourth-order valence-corrected chi connectivity index (χ4v) is 2.04. The fraction of sp³-hybridized carbons (Fsp3) is 0.500. The summed E-state index contributed by atoms with van der Waals surface area (Å²) in [5.41, 5.74) is 1.58. The van der Waals surface area contributed by atoms with E-state index in [-0.39, 0.29) is 11.2 Å². The second-order valence-electron chi connectivity index (χ2n) is 5.43. The van der Waals surface area contributed by atoms with E-state index in [4.69, 9.17) is 9.47 Å². The molecule has 92 valence electrons. The summed E-state index contributed by atoms with van der Waals surface area (Å²) in [7, 11) is 1.61. The number of carbonyl (C=O) groups excluding carboxylic acids is 1. The minimum atomic E-state index is -0.391. The van der Waals surface area contributed by atoms with Crippen molar-refractivity contribution in [3.05, 3.63) is 23.3 Å². The van der Waals surface area contributed by atoms with Crippen LogP contribution in [0.15, 0.2) is 12.1 Å².